The first-order chi connectivity index (χ1) is 8.76. The van der Waals surface area contributed by atoms with Crippen molar-refractivity contribution in [2.45, 2.75) is 17.2 Å². The zero-order chi connectivity index (χ0) is 12.5. The van der Waals surface area contributed by atoms with Gasteiger partial charge in [0.25, 0.3) is 5.22 Å². The van der Waals surface area contributed by atoms with Crippen molar-refractivity contribution in [2.24, 2.45) is 0 Å². The Morgan fingerprint density at radius 2 is 2.28 bits per heavy atom. The molecule has 0 radical (unpaired) electrons. The van der Waals surface area contributed by atoms with Gasteiger partial charge < -0.3 is 9.73 Å². The molecule has 3 aromatic heterocycles. The fraction of sp³-hybridized carbons (Fsp3) is 0.182. The van der Waals surface area contributed by atoms with Crippen LogP contribution in [0.25, 0.3) is 10.2 Å². The first-order valence-electron chi connectivity index (χ1n) is 5.29. The van der Waals surface area contributed by atoms with E-state index in [0.717, 1.165) is 15.2 Å². The van der Waals surface area contributed by atoms with Gasteiger partial charge in [0.2, 0.25) is 5.95 Å². The van der Waals surface area contributed by atoms with Crippen molar-refractivity contribution < 1.29 is 4.42 Å². The average molecular weight is 278 g/mol. The van der Waals surface area contributed by atoms with E-state index in [2.05, 4.69) is 33.3 Å². The third kappa shape index (κ3) is 2.06. The van der Waals surface area contributed by atoms with Crippen molar-refractivity contribution in [3.63, 3.8) is 0 Å². The van der Waals surface area contributed by atoms with E-state index in [4.69, 9.17) is 4.42 Å². The van der Waals surface area contributed by atoms with Crippen molar-refractivity contribution in [3.8, 4) is 0 Å². The van der Waals surface area contributed by atoms with E-state index in [1.165, 1.54) is 16.6 Å². The molecule has 5 nitrogen and oxygen atoms in total. The predicted molar refractivity (Wildman–Crippen MR) is 72.3 cm³/mol. The summed E-state index contributed by atoms with van der Waals surface area (Å²) in [6, 6.07) is 2.09. The summed E-state index contributed by atoms with van der Waals surface area (Å²) in [6.07, 6.45) is 3.18. The molecule has 0 atom stereocenters. The molecule has 3 rings (SSSR count). The Labute approximate surface area is 112 Å². The molecule has 1 N–H and O–H groups in total. The van der Waals surface area contributed by atoms with Crippen LogP contribution in [0.2, 0.25) is 0 Å². The number of oxazole rings is 1. The van der Waals surface area contributed by atoms with Gasteiger partial charge in [-0.3, -0.25) is 0 Å². The van der Waals surface area contributed by atoms with E-state index in [9.17, 15) is 0 Å². The molecule has 0 aliphatic heterocycles. The van der Waals surface area contributed by atoms with Crippen LogP contribution in [-0.2, 0) is 0 Å². The SMILES string of the molecule is CNc1nc(Sc2ncco2)c2cc(C)sc2n1. The van der Waals surface area contributed by atoms with Crippen LogP contribution >= 0.6 is 23.1 Å². The van der Waals surface area contributed by atoms with Gasteiger partial charge in [-0.2, -0.15) is 0 Å². The van der Waals surface area contributed by atoms with E-state index in [0.29, 0.717) is 11.2 Å². The number of hydrogen-bond donors (Lipinski definition) is 1. The highest BCUT2D eigenvalue weighted by atomic mass is 32.2. The maximum Gasteiger partial charge on any atom is 0.261 e. The molecule has 0 saturated heterocycles. The maximum atomic E-state index is 5.24. The third-order valence-corrected chi connectivity index (χ3v) is 4.12. The maximum absolute atomic E-state index is 5.24. The van der Waals surface area contributed by atoms with Gasteiger partial charge in [-0.1, -0.05) is 0 Å². The molecule has 0 fully saturated rings. The highest BCUT2D eigenvalue weighted by Gasteiger charge is 2.13. The van der Waals surface area contributed by atoms with Gasteiger partial charge >= 0.3 is 0 Å². The zero-order valence-corrected chi connectivity index (χ0v) is 11.4. The number of nitrogens with one attached hydrogen (secondary N) is 1. The van der Waals surface area contributed by atoms with Crippen LogP contribution in [0.3, 0.4) is 0 Å². The molecule has 3 aromatic rings. The van der Waals surface area contributed by atoms with Gasteiger partial charge in [0.1, 0.15) is 16.1 Å². The normalized spacial score (nSPS) is 11.0. The lowest BCUT2D eigenvalue weighted by Crippen LogP contribution is -1.96. The monoisotopic (exact) mass is 278 g/mol. The van der Waals surface area contributed by atoms with Gasteiger partial charge in [0.15, 0.2) is 0 Å². The number of anilines is 1. The number of aryl methyl sites for hydroxylation is 1. The third-order valence-electron chi connectivity index (χ3n) is 2.30. The number of thiophene rings is 1. The Morgan fingerprint density at radius 1 is 1.39 bits per heavy atom. The number of hydrogen-bond acceptors (Lipinski definition) is 7. The molecule has 7 heteroatoms. The molecule has 0 aromatic carbocycles. The quantitative estimate of drug-likeness (QED) is 0.742. The fourth-order valence-electron chi connectivity index (χ4n) is 1.55. The average Bonchev–Trinajstić information content (AvgIpc) is 2.97. The summed E-state index contributed by atoms with van der Waals surface area (Å²) in [6.45, 7) is 2.06. The van der Waals surface area contributed by atoms with Crippen LogP contribution < -0.4 is 5.32 Å². The van der Waals surface area contributed by atoms with Crippen LogP contribution in [0, 0.1) is 6.92 Å². The van der Waals surface area contributed by atoms with E-state index in [1.807, 2.05) is 0 Å². The molecule has 0 amide bonds. The second-order valence-electron chi connectivity index (χ2n) is 3.58. The van der Waals surface area contributed by atoms with Crippen LogP contribution in [-0.4, -0.2) is 22.0 Å². The zero-order valence-electron chi connectivity index (χ0n) is 9.80. The van der Waals surface area contributed by atoms with Crippen LogP contribution in [0.1, 0.15) is 4.88 Å². The minimum Gasteiger partial charge on any atom is -0.440 e. The Kier molecular flexibility index (Phi) is 2.92. The summed E-state index contributed by atoms with van der Waals surface area (Å²) in [5.41, 5.74) is 0. The second kappa shape index (κ2) is 4.58. The summed E-state index contributed by atoms with van der Waals surface area (Å²) in [4.78, 5) is 15.2. The van der Waals surface area contributed by atoms with Crippen molar-refractivity contribution in [2.75, 3.05) is 12.4 Å². The second-order valence-corrected chi connectivity index (χ2v) is 5.75. The highest BCUT2D eigenvalue weighted by molar-refractivity contribution is 7.99. The largest absolute Gasteiger partial charge is 0.440 e. The molecule has 0 bridgehead atoms. The van der Waals surface area contributed by atoms with Crippen LogP contribution in [0.4, 0.5) is 5.95 Å². The van der Waals surface area contributed by atoms with Crippen molar-refractivity contribution in [3.05, 3.63) is 23.4 Å². The molecular weight excluding hydrogens is 268 g/mol. The standard InChI is InChI=1S/C11H10N4OS2/c1-6-5-7-8(17-6)14-10(12-2)15-9(7)18-11-13-3-4-16-11/h3-5H,1-2H3,(H,12,14,15). The van der Waals surface area contributed by atoms with Crippen molar-refractivity contribution >= 4 is 39.3 Å². The Hall–Kier alpha value is -1.60. The van der Waals surface area contributed by atoms with Gasteiger partial charge in [0.05, 0.1) is 6.20 Å². The number of fused-ring (bicyclic) bond motifs is 1. The van der Waals surface area contributed by atoms with E-state index in [-0.39, 0.29) is 0 Å². The lowest BCUT2D eigenvalue weighted by atomic mass is 10.4. The molecular formula is C11H10N4OS2. The minimum absolute atomic E-state index is 0.584. The number of aromatic nitrogens is 3. The molecule has 3 heterocycles. The number of nitrogens with zero attached hydrogens (tertiary/aromatic N) is 3. The molecule has 0 spiro atoms. The Bertz CT molecular complexity index is 678. The molecule has 92 valence electrons. The summed E-state index contributed by atoms with van der Waals surface area (Å²) >= 11 is 3.06. The van der Waals surface area contributed by atoms with Gasteiger partial charge in [-0.15, -0.1) is 11.3 Å². The lowest BCUT2D eigenvalue weighted by molar-refractivity contribution is 0.454. The van der Waals surface area contributed by atoms with E-state index >= 15 is 0 Å². The first-order valence-corrected chi connectivity index (χ1v) is 6.93. The summed E-state index contributed by atoms with van der Waals surface area (Å²) < 4.78 is 5.24. The topological polar surface area (TPSA) is 63.8 Å². The van der Waals surface area contributed by atoms with E-state index in [1.54, 1.807) is 30.8 Å². The van der Waals surface area contributed by atoms with E-state index < -0.39 is 0 Å². The fourth-order valence-corrected chi connectivity index (χ4v) is 3.27. The predicted octanol–water partition coefficient (Wildman–Crippen LogP) is 3.18. The van der Waals surface area contributed by atoms with Gasteiger partial charge in [0, 0.05) is 17.3 Å². The lowest BCUT2D eigenvalue weighted by Gasteiger charge is -2.02. The summed E-state index contributed by atoms with van der Waals surface area (Å²) in [5, 5.41) is 5.45. The Balaban J connectivity index is 2.13. The smallest absolute Gasteiger partial charge is 0.261 e. The summed E-state index contributed by atoms with van der Waals surface area (Å²) in [5.74, 6) is 0.610. The minimum atomic E-state index is 0.584. The summed E-state index contributed by atoms with van der Waals surface area (Å²) in [7, 11) is 1.81. The van der Waals surface area contributed by atoms with Gasteiger partial charge in [-0.25, -0.2) is 15.0 Å². The highest BCUT2D eigenvalue weighted by Crippen LogP contribution is 2.34. The first kappa shape index (κ1) is 11.5. The molecule has 0 aliphatic rings. The van der Waals surface area contributed by atoms with Gasteiger partial charge in [-0.05, 0) is 24.8 Å². The molecule has 0 aliphatic carbocycles. The molecule has 0 saturated carbocycles. The van der Waals surface area contributed by atoms with Crippen molar-refractivity contribution in [1.82, 2.24) is 15.0 Å². The van der Waals surface area contributed by atoms with Crippen LogP contribution in [0.15, 0.2) is 33.2 Å². The number of rotatable bonds is 3. The molecule has 18 heavy (non-hydrogen) atoms. The molecule has 0 unspecified atom stereocenters. The van der Waals surface area contributed by atoms with Crippen molar-refractivity contribution in [1.29, 1.82) is 0 Å². The Morgan fingerprint density at radius 3 is 3.00 bits per heavy atom. The van der Waals surface area contributed by atoms with Crippen LogP contribution in [0.5, 0.6) is 0 Å².